The van der Waals surface area contributed by atoms with Gasteiger partial charge in [0.1, 0.15) is 17.6 Å². The number of rotatable bonds is 6. The van der Waals surface area contributed by atoms with Gasteiger partial charge in [0, 0.05) is 5.75 Å². The van der Waals surface area contributed by atoms with E-state index in [1.807, 2.05) is 30.3 Å². The number of carboxylic acid groups (broad SMARTS) is 1. The maximum Gasteiger partial charge on any atom is 0.327 e. The van der Waals surface area contributed by atoms with E-state index in [4.69, 9.17) is 4.74 Å². The molecule has 0 spiro atoms. The van der Waals surface area contributed by atoms with Crippen molar-refractivity contribution in [2.45, 2.75) is 12.5 Å². The van der Waals surface area contributed by atoms with Gasteiger partial charge in [0.2, 0.25) is 0 Å². The molecule has 1 atom stereocenters. The molecule has 0 aromatic heterocycles. The molecule has 6 nitrogen and oxygen atoms in total. The molecule has 2 aromatic rings. The number of hydrogen-bond acceptors (Lipinski definition) is 5. The van der Waals surface area contributed by atoms with Crippen LogP contribution in [-0.4, -0.2) is 35.9 Å². The van der Waals surface area contributed by atoms with E-state index in [2.05, 4.69) is 17.9 Å². The third kappa shape index (κ3) is 3.78. The van der Waals surface area contributed by atoms with Gasteiger partial charge in [0.05, 0.1) is 18.4 Å². The highest BCUT2D eigenvalue weighted by atomic mass is 32.1. The van der Waals surface area contributed by atoms with Gasteiger partial charge in [-0.15, -0.1) is 0 Å². The number of fused-ring (bicyclic) bond motifs is 1. The third-order valence-electron chi connectivity index (χ3n) is 4.33. The average molecular weight is 384 g/mol. The zero-order chi connectivity index (χ0) is 19.4. The lowest BCUT2D eigenvalue weighted by Gasteiger charge is -2.33. The van der Waals surface area contributed by atoms with Crippen LogP contribution in [0.2, 0.25) is 0 Å². The number of para-hydroxylation sites is 2. The first-order valence-corrected chi connectivity index (χ1v) is 9.05. The fourth-order valence-electron chi connectivity index (χ4n) is 2.98. The van der Waals surface area contributed by atoms with E-state index in [-0.39, 0.29) is 11.7 Å². The van der Waals surface area contributed by atoms with Crippen LogP contribution in [0.25, 0.3) is 0 Å². The summed E-state index contributed by atoms with van der Waals surface area (Å²) in [5, 5.41) is 12.3. The van der Waals surface area contributed by atoms with Crippen molar-refractivity contribution in [3.05, 3.63) is 71.6 Å². The van der Waals surface area contributed by atoms with Crippen molar-refractivity contribution in [3.8, 4) is 5.75 Å². The number of ether oxygens (including phenoxy) is 1. The number of amides is 1. The van der Waals surface area contributed by atoms with Gasteiger partial charge in [-0.05, 0) is 36.3 Å². The number of allylic oxidation sites excluding steroid dienone is 1. The lowest BCUT2D eigenvalue weighted by Crippen LogP contribution is -2.46. The Kier molecular flexibility index (Phi) is 5.71. The molecule has 0 unspecified atom stereocenters. The number of thiol groups is 1. The van der Waals surface area contributed by atoms with Gasteiger partial charge in [-0.25, -0.2) is 4.79 Å². The lowest BCUT2D eigenvalue weighted by atomic mass is 10.0. The molecule has 3 rings (SSSR count). The third-order valence-corrected chi connectivity index (χ3v) is 4.70. The van der Waals surface area contributed by atoms with E-state index in [1.54, 1.807) is 24.3 Å². The summed E-state index contributed by atoms with van der Waals surface area (Å²) in [6.45, 7) is 0. The van der Waals surface area contributed by atoms with Crippen LogP contribution >= 0.6 is 12.6 Å². The van der Waals surface area contributed by atoms with Crippen LogP contribution in [0.15, 0.2) is 60.4 Å². The summed E-state index contributed by atoms with van der Waals surface area (Å²) in [5.41, 5.74) is 2.08. The molecule has 140 valence electrons. The summed E-state index contributed by atoms with van der Waals surface area (Å²) in [6.07, 6.45) is 2.40. The van der Waals surface area contributed by atoms with Crippen molar-refractivity contribution in [1.82, 2.24) is 5.32 Å². The minimum Gasteiger partial charge on any atom is -0.496 e. The Morgan fingerprint density at radius 2 is 1.93 bits per heavy atom. The first kappa shape index (κ1) is 18.8. The van der Waals surface area contributed by atoms with Crippen molar-refractivity contribution in [3.63, 3.8) is 0 Å². The maximum atomic E-state index is 13.4. The number of methoxy groups -OCH3 is 1. The molecule has 2 N–H and O–H groups in total. The number of benzene rings is 2. The molecule has 7 heteroatoms. The Bertz CT molecular complexity index is 897. The Morgan fingerprint density at radius 3 is 2.63 bits per heavy atom. The topological polar surface area (TPSA) is 78.9 Å². The molecule has 1 heterocycles. The van der Waals surface area contributed by atoms with Gasteiger partial charge >= 0.3 is 5.97 Å². The van der Waals surface area contributed by atoms with Crippen molar-refractivity contribution >= 4 is 30.2 Å². The fourth-order valence-corrected chi connectivity index (χ4v) is 3.22. The number of carbonyl (C=O) groups is 2. The second kappa shape index (κ2) is 8.18. The molecule has 1 aliphatic rings. The molecule has 0 bridgehead atoms. The van der Waals surface area contributed by atoms with Crippen LogP contribution in [0, 0.1) is 0 Å². The van der Waals surface area contributed by atoms with Crippen LogP contribution in [0.4, 0.5) is 5.69 Å². The fraction of sp³-hybridized carbons (Fsp3) is 0.200. The van der Waals surface area contributed by atoms with Gasteiger partial charge in [-0.2, -0.15) is 12.6 Å². The SMILES string of the molecule is COc1ccccc1C(=O)N1C(N[C@H](CS)C(=O)O)=CCc2ccccc21. The molecule has 1 aliphatic heterocycles. The Hall–Kier alpha value is -2.93. The molecule has 0 fully saturated rings. The number of nitrogens with zero attached hydrogens (tertiary/aromatic N) is 1. The molecular formula is C20H20N2O4S. The lowest BCUT2D eigenvalue weighted by molar-refractivity contribution is -0.138. The standard InChI is InChI=1S/C20H20N2O4S/c1-26-17-9-5-3-7-14(17)19(23)22-16-8-4-2-6-13(16)10-11-18(22)21-15(12-27)20(24)25/h2-9,11,15,21,27H,10,12H2,1H3,(H,24,25)/t15-/m1/s1. The highest BCUT2D eigenvalue weighted by Crippen LogP contribution is 2.32. The summed E-state index contributed by atoms with van der Waals surface area (Å²) in [7, 11) is 1.51. The van der Waals surface area contributed by atoms with Gasteiger partial charge in [-0.1, -0.05) is 30.3 Å². The van der Waals surface area contributed by atoms with E-state index in [1.165, 1.54) is 12.0 Å². The number of nitrogens with one attached hydrogen (secondary N) is 1. The molecule has 27 heavy (non-hydrogen) atoms. The highest BCUT2D eigenvalue weighted by Gasteiger charge is 2.30. The van der Waals surface area contributed by atoms with Crippen LogP contribution in [-0.2, 0) is 11.2 Å². The van der Waals surface area contributed by atoms with Crippen molar-refractivity contribution in [2.24, 2.45) is 0 Å². The maximum absolute atomic E-state index is 13.4. The van der Waals surface area contributed by atoms with E-state index in [0.717, 1.165) is 5.56 Å². The predicted molar refractivity (Wildman–Crippen MR) is 106 cm³/mol. The molecule has 0 aliphatic carbocycles. The molecule has 1 amide bonds. The molecule has 2 aromatic carbocycles. The number of aliphatic carboxylic acids is 1. The van der Waals surface area contributed by atoms with Gasteiger partial charge < -0.3 is 15.2 Å². The average Bonchev–Trinajstić information content (AvgIpc) is 2.70. The Morgan fingerprint density at radius 1 is 1.22 bits per heavy atom. The largest absolute Gasteiger partial charge is 0.496 e. The number of anilines is 1. The van der Waals surface area contributed by atoms with Gasteiger partial charge in [0.15, 0.2) is 0 Å². The predicted octanol–water partition coefficient (Wildman–Crippen LogP) is 2.71. The zero-order valence-electron chi connectivity index (χ0n) is 14.8. The van der Waals surface area contributed by atoms with Gasteiger partial charge in [-0.3, -0.25) is 9.69 Å². The minimum atomic E-state index is -1.03. The number of carbonyl (C=O) groups excluding carboxylic acids is 1. The minimum absolute atomic E-state index is 0.0883. The molecule has 0 saturated heterocycles. The summed E-state index contributed by atoms with van der Waals surface area (Å²) in [5.74, 6) is -0.374. The summed E-state index contributed by atoms with van der Waals surface area (Å²) < 4.78 is 5.33. The second-order valence-corrected chi connectivity index (χ2v) is 6.35. The quantitative estimate of drug-likeness (QED) is 0.668. The monoisotopic (exact) mass is 384 g/mol. The normalized spacial score (nSPS) is 14.0. The molecule has 0 saturated carbocycles. The van der Waals surface area contributed by atoms with E-state index >= 15 is 0 Å². The first-order chi connectivity index (χ1) is 13.1. The van der Waals surface area contributed by atoms with Crippen LogP contribution in [0.1, 0.15) is 15.9 Å². The van der Waals surface area contributed by atoms with E-state index < -0.39 is 12.0 Å². The molecular weight excluding hydrogens is 364 g/mol. The smallest absolute Gasteiger partial charge is 0.327 e. The van der Waals surface area contributed by atoms with E-state index in [9.17, 15) is 14.7 Å². The van der Waals surface area contributed by atoms with Crippen LogP contribution in [0.3, 0.4) is 0 Å². The van der Waals surface area contributed by atoms with Gasteiger partial charge in [0.25, 0.3) is 5.91 Å². The van der Waals surface area contributed by atoms with E-state index in [0.29, 0.717) is 29.2 Å². The Labute approximate surface area is 162 Å². The number of hydrogen-bond donors (Lipinski definition) is 3. The summed E-state index contributed by atoms with van der Waals surface area (Å²) >= 11 is 4.10. The molecule has 0 radical (unpaired) electrons. The van der Waals surface area contributed by atoms with Crippen LogP contribution < -0.4 is 15.0 Å². The summed E-state index contributed by atoms with van der Waals surface area (Å²) in [4.78, 5) is 26.3. The highest BCUT2D eigenvalue weighted by molar-refractivity contribution is 7.80. The second-order valence-electron chi connectivity index (χ2n) is 5.98. The Balaban J connectivity index is 2.05. The van der Waals surface area contributed by atoms with Crippen molar-refractivity contribution in [1.29, 1.82) is 0 Å². The van der Waals surface area contributed by atoms with Crippen molar-refractivity contribution in [2.75, 3.05) is 17.8 Å². The summed E-state index contributed by atoms with van der Waals surface area (Å²) in [6, 6.07) is 13.6. The first-order valence-electron chi connectivity index (χ1n) is 8.42. The van der Waals surface area contributed by atoms with Crippen LogP contribution in [0.5, 0.6) is 5.75 Å². The van der Waals surface area contributed by atoms with Crippen molar-refractivity contribution < 1.29 is 19.4 Å². The number of carboxylic acids is 1. The zero-order valence-corrected chi connectivity index (χ0v) is 15.6.